The minimum Gasteiger partial charge on any atom is -0.478 e. The lowest BCUT2D eigenvalue weighted by atomic mass is 9.45. The zero-order valence-electron chi connectivity index (χ0n) is 17.4. The van der Waals surface area contributed by atoms with Crippen LogP contribution in [0.15, 0.2) is 30.0 Å². The van der Waals surface area contributed by atoms with Gasteiger partial charge in [-0.25, -0.2) is 9.78 Å². The van der Waals surface area contributed by atoms with Gasteiger partial charge in [0.2, 0.25) is 5.91 Å². The van der Waals surface area contributed by atoms with Gasteiger partial charge in [-0.2, -0.15) is 0 Å². The molecule has 0 unspecified atom stereocenters. The lowest BCUT2D eigenvalue weighted by Gasteiger charge is -2.60. The molecule has 4 fully saturated rings. The average Bonchev–Trinajstić information content (AvgIpc) is 2.73. The van der Waals surface area contributed by atoms with Crippen molar-refractivity contribution in [3.8, 4) is 0 Å². The fourth-order valence-electron chi connectivity index (χ4n) is 5.54. The van der Waals surface area contributed by atoms with Gasteiger partial charge in [-0.15, -0.1) is 0 Å². The lowest BCUT2D eigenvalue weighted by molar-refractivity contribution is -0.120. The Morgan fingerprint density at radius 1 is 1.28 bits per heavy atom. The first-order valence-electron chi connectivity index (χ1n) is 10.8. The van der Waals surface area contributed by atoms with Crippen LogP contribution in [-0.2, 0) is 4.79 Å². The predicted molar refractivity (Wildman–Crippen MR) is 112 cm³/mol. The minimum absolute atomic E-state index is 0.0386. The van der Waals surface area contributed by atoms with Gasteiger partial charge in [0.05, 0.1) is 5.56 Å². The summed E-state index contributed by atoms with van der Waals surface area (Å²) in [6.45, 7) is 7.16. The fraction of sp³-hybridized carbons (Fsp3) is 0.609. The summed E-state index contributed by atoms with van der Waals surface area (Å²) in [5, 5.41) is 12.1. The first-order valence-corrected chi connectivity index (χ1v) is 10.8. The molecule has 1 aliphatic heterocycles. The molecule has 2 bridgehead atoms. The molecular weight excluding hydrogens is 366 g/mol. The number of nitrogens with one attached hydrogen (secondary N) is 1. The van der Waals surface area contributed by atoms with Crippen molar-refractivity contribution in [2.24, 2.45) is 23.2 Å². The second-order valence-corrected chi connectivity index (χ2v) is 9.44. The molecule has 3 aliphatic carbocycles. The van der Waals surface area contributed by atoms with Crippen molar-refractivity contribution in [1.29, 1.82) is 0 Å². The summed E-state index contributed by atoms with van der Waals surface area (Å²) in [5.74, 6) is 2.14. The number of fused-ring (bicyclic) bond motifs is 2. The maximum Gasteiger partial charge on any atom is 0.337 e. The zero-order valence-corrected chi connectivity index (χ0v) is 17.4. The maximum atomic E-state index is 12.4. The summed E-state index contributed by atoms with van der Waals surface area (Å²) < 4.78 is 0. The van der Waals surface area contributed by atoms with E-state index in [-0.39, 0.29) is 11.5 Å². The normalized spacial score (nSPS) is 27.7. The molecule has 5 rings (SSSR count). The Kier molecular flexibility index (Phi) is 5.36. The van der Waals surface area contributed by atoms with Crippen LogP contribution in [0.4, 0.5) is 5.82 Å². The molecule has 0 aromatic carbocycles. The van der Waals surface area contributed by atoms with Crippen molar-refractivity contribution in [3.05, 3.63) is 35.5 Å². The van der Waals surface area contributed by atoms with E-state index in [1.54, 1.807) is 18.2 Å². The number of hydrogen-bond donors (Lipinski definition) is 2. The van der Waals surface area contributed by atoms with Gasteiger partial charge in [0.1, 0.15) is 5.82 Å². The molecule has 0 radical (unpaired) electrons. The molecule has 3 atom stereocenters. The fourth-order valence-corrected chi connectivity index (χ4v) is 5.54. The van der Waals surface area contributed by atoms with Crippen LogP contribution >= 0.6 is 0 Å². The second-order valence-electron chi connectivity index (χ2n) is 9.44. The lowest BCUT2D eigenvalue weighted by Crippen LogP contribution is -2.54. The third-order valence-corrected chi connectivity index (χ3v) is 7.60. The highest BCUT2D eigenvalue weighted by atomic mass is 16.4. The van der Waals surface area contributed by atoms with Gasteiger partial charge in [0, 0.05) is 31.9 Å². The van der Waals surface area contributed by atoms with Gasteiger partial charge in [-0.3, -0.25) is 4.79 Å². The van der Waals surface area contributed by atoms with E-state index in [0.29, 0.717) is 11.3 Å². The van der Waals surface area contributed by atoms with Gasteiger partial charge >= 0.3 is 5.97 Å². The molecule has 29 heavy (non-hydrogen) atoms. The van der Waals surface area contributed by atoms with E-state index >= 15 is 0 Å². The third-order valence-electron chi connectivity index (χ3n) is 7.60. The van der Waals surface area contributed by atoms with Crippen molar-refractivity contribution >= 4 is 17.7 Å². The van der Waals surface area contributed by atoms with Crippen molar-refractivity contribution < 1.29 is 14.7 Å². The summed E-state index contributed by atoms with van der Waals surface area (Å²) in [6.07, 6.45) is 8.74. The van der Waals surface area contributed by atoms with Crippen molar-refractivity contribution in [1.82, 2.24) is 10.3 Å². The number of pyridine rings is 1. The van der Waals surface area contributed by atoms with Gasteiger partial charge in [-0.1, -0.05) is 19.4 Å². The number of nitrogens with zero attached hydrogens (tertiary/aromatic N) is 2. The Morgan fingerprint density at radius 3 is 2.62 bits per heavy atom. The predicted octanol–water partition coefficient (Wildman–Crippen LogP) is 3.49. The summed E-state index contributed by atoms with van der Waals surface area (Å²) >= 11 is 0. The van der Waals surface area contributed by atoms with Crippen LogP contribution in [0.25, 0.3) is 0 Å². The smallest absolute Gasteiger partial charge is 0.337 e. The van der Waals surface area contributed by atoms with Gasteiger partial charge < -0.3 is 15.3 Å². The standard InChI is InChI=1S/C23H31N3O3/c1-23(2)18-5-3-16(19(23)12-18)13-25-21(27)11-15-7-9-26(10-8-15)20-6-4-17(14-24-20)22(28)29/h4,6,11,14,16,18-19H,3,5,7-10,12-13H2,1-2H3,(H,25,27)(H,28,29)/t16-,18-,19-/m0/s1. The number of aromatic nitrogens is 1. The van der Waals surface area contributed by atoms with E-state index < -0.39 is 5.97 Å². The highest BCUT2D eigenvalue weighted by Gasteiger charge is 2.53. The first kappa shape index (κ1) is 19.9. The van der Waals surface area contributed by atoms with Gasteiger partial charge in [0.15, 0.2) is 0 Å². The minimum atomic E-state index is -0.965. The van der Waals surface area contributed by atoms with Crippen LogP contribution in [0.2, 0.25) is 0 Å². The Bertz CT molecular complexity index is 803. The average molecular weight is 398 g/mol. The number of rotatable bonds is 5. The third kappa shape index (κ3) is 4.02. The Labute approximate surface area is 172 Å². The van der Waals surface area contributed by atoms with E-state index in [2.05, 4.69) is 29.0 Å². The molecular formula is C23H31N3O3. The molecule has 2 N–H and O–H groups in total. The van der Waals surface area contributed by atoms with Gasteiger partial charge in [0.25, 0.3) is 0 Å². The Balaban J connectivity index is 1.25. The number of carboxylic acid groups (broad SMARTS) is 1. The van der Waals surface area contributed by atoms with E-state index in [1.165, 1.54) is 31.0 Å². The number of hydrogen-bond acceptors (Lipinski definition) is 4. The number of carbonyl (C=O) groups excluding carboxylic acids is 1. The van der Waals surface area contributed by atoms with Crippen LogP contribution < -0.4 is 10.2 Å². The molecule has 6 heteroatoms. The van der Waals surface area contributed by atoms with E-state index in [0.717, 1.165) is 50.1 Å². The van der Waals surface area contributed by atoms with E-state index in [4.69, 9.17) is 5.11 Å². The first-order chi connectivity index (χ1) is 13.8. The number of aromatic carboxylic acids is 1. The van der Waals surface area contributed by atoms with Crippen LogP contribution in [0.5, 0.6) is 0 Å². The summed E-state index contributed by atoms with van der Waals surface area (Å²) in [5.41, 5.74) is 1.82. The second kappa shape index (κ2) is 7.81. The highest BCUT2D eigenvalue weighted by molar-refractivity contribution is 5.88. The van der Waals surface area contributed by atoms with Crippen molar-refractivity contribution in [2.75, 3.05) is 24.5 Å². The largest absolute Gasteiger partial charge is 0.478 e. The number of anilines is 1. The topological polar surface area (TPSA) is 82.5 Å². The SMILES string of the molecule is CC1(C)[C@H]2CC[C@@H](CNC(=O)C=C3CCN(c4ccc(C(=O)O)cn4)CC3)[C@@H]1C2. The molecule has 1 aromatic heterocycles. The molecule has 2 heterocycles. The number of carboxylic acids is 1. The molecule has 1 saturated heterocycles. The summed E-state index contributed by atoms with van der Waals surface area (Å²) in [7, 11) is 0. The van der Waals surface area contributed by atoms with Gasteiger partial charge in [-0.05, 0) is 67.4 Å². The number of carbonyl (C=O) groups is 2. The quantitative estimate of drug-likeness (QED) is 0.743. The van der Waals surface area contributed by atoms with Crippen LogP contribution in [0.1, 0.15) is 56.3 Å². The monoisotopic (exact) mass is 397 g/mol. The van der Waals surface area contributed by atoms with Crippen molar-refractivity contribution in [2.45, 2.75) is 46.0 Å². The molecule has 4 aliphatic rings. The van der Waals surface area contributed by atoms with E-state index in [9.17, 15) is 9.59 Å². The van der Waals surface area contributed by atoms with Crippen LogP contribution in [-0.4, -0.2) is 41.6 Å². The number of piperidine rings is 1. The zero-order chi connectivity index (χ0) is 20.6. The van der Waals surface area contributed by atoms with Crippen molar-refractivity contribution in [3.63, 3.8) is 0 Å². The number of amides is 1. The van der Waals surface area contributed by atoms with E-state index in [1.807, 2.05) is 0 Å². The molecule has 6 nitrogen and oxygen atoms in total. The Hall–Kier alpha value is -2.37. The summed E-state index contributed by atoms with van der Waals surface area (Å²) in [4.78, 5) is 29.8. The Morgan fingerprint density at radius 2 is 2.03 bits per heavy atom. The molecule has 156 valence electrons. The molecule has 0 spiro atoms. The molecule has 1 aromatic rings. The molecule has 1 amide bonds. The summed E-state index contributed by atoms with van der Waals surface area (Å²) in [6, 6.07) is 3.34. The highest BCUT2D eigenvalue weighted by Crippen LogP contribution is 2.61. The van der Waals surface area contributed by atoms with Crippen LogP contribution in [0.3, 0.4) is 0 Å². The maximum absolute atomic E-state index is 12.4. The molecule has 3 saturated carbocycles. The van der Waals surface area contributed by atoms with Crippen LogP contribution in [0, 0.1) is 23.2 Å².